The van der Waals surface area contributed by atoms with Crippen LogP contribution in [0.3, 0.4) is 0 Å². The van der Waals surface area contributed by atoms with E-state index in [0.717, 1.165) is 30.7 Å². The van der Waals surface area contributed by atoms with E-state index in [-0.39, 0.29) is 18.0 Å². The van der Waals surface area contributed by atoms with Gasteiger partial charge in [0.05, 0.1) is 12.7 Å². The lowest BCUT2D eigenvalue weighted by Gasteiger charge is -2.39. The van der Waals surface area contributed by atoms with Crippen molar-refractivity contribution in [2.24, 2.45) is 0 Å². The average molecular weight is 292 g/mol. The summed E-state index contributed by atoms with van der Waals surface area (Å²) in [6, 6.07) is 5.89. The molecular formula is C17H25FN2O. The van der Waals surface area contributed by atoms with Crippen molar-refractivity contribution in [1.82, 2.24) is 10.2 Å². The van der Waals surface area contributed by atoms with E-state index in [9.17, 15) is 4.39 Å². The van der Waals surface area contributed by atoms with E-state index >= 15 is 0 Å². The van der Waals surface area contributed by atoms with Crippen molar-refractivity contribution in [3.8, 4) is 0 Å². The number of nitrogens with one attached hydrogen (secondary N) is 1. The van der Waals surface area contributed by atoms with Crippen molar-refractivity contribution in [3.05, 3.63) is 35.1 Å². The first-order chi connectivity index (χ1) is 10.2. The number of fused-ring (bicyclic) bond motifs is 1. The van der Waals surface area contributed by atoms with E-state index in [2.05, 4.69) is 10.2 Å². The molecule has 0 radical (unpaired) electrons. The van der Waals surface area contributed by atoms with Crippen molar-refractivity contribution in [3.63, 3.8) is 0 Å². The Morgan fingerprint density at radius 1 is 1.48 bits per heavy atom. The first-order valence-corrected chi connectivity index (χ1v) is 7.95. The maximum Gasteiger partial charge on any atom is 0.123 e. The summed E-state index contributed by atoms with van der Waals surface area (Å²) in [5, 5.41) is 3.37. The smallest absolute Gasteiger partial charge is 0.123 e. The normalized spacial score (nSPS) is 27.6. The van der Waals surface area contributed by atoms with E-state index in [1.54, 1.807) is 6.07 Å². The van der Waals surface area contributed by atoms with E-state index in [1.807, 2.05) is 20.0 Å². The molecule has 2 heterocycles. The van der Waals surface area contributed by atoms with Gasteiger partial charge >= 0.3 is 0 Å². The van der Waals surface area contributed by atoms with Gasteiger partial charge in [0.25, 0.3) is 0 Å². The SMILES string of the molecule is CNC(Cc1cc(F)ccc1C)C1CN2CCCC2CO1. The molecule has 0 bridgehead atoms. The second kappa shape index (κ2) is 6.42. The molecule has 0 aromatic heterocycles. The standard InChI is InChI=1S/C17H25FN2O/c1-12-5-6-14(18)8-13(12)9-16(19-2)17-10-20-7-3-4-15(20)11-21-17/h5-6,8,15-17,19H,3-4,7,9-11H2,1-2H3. The average Bonchev–Trinajstić information content (AvgIpc) is 2.95. The van der Waals surface area contributed by atoms with Crippen LogP contribution in [0.25, 0.3) is 0 Å². The minimum Gasteiger partial charge on any atom is -0.374 e. The predicted molar refractivity (Wildman–Crippen MR) is 82.0 cm³/mol. The summed E-state index contributed by atoms with van der Waals surface area (Å²) in [6.07, 6.45) is 3.55. The number of morpholine rings is 1. The van der Waals surface area contributed by atoms with Crippen LogP contribution in [0.4, 0.5) is 4.39 Å². The molecule has 3 rings (SSSR count). The second-order valence-corrected chi connectivity index (χ2v) is 6.33. The Hall–Kier alpha value is -0.970. The van der Waals surface area contributed by atoms with E-state index in [1.165, 1.54) is 25.5 Å². The third kappa shape index (κ3) is 3.28. The van der Waals surface area contributed by atoms with Gasteiger partial charge in [-0.25, -0.2) is 4.39 Å². The summed E-state index contributed by atoms with van der Waals surface area (Å²) >= 11 is 0. The Balaban J connectivity index is 1.68. The van der Waals surface area contributed by atoms with Crippen LogP contribution in [0.15, 0.2) is 18.2 Å². The molecule has 4 heteroatoms. The molecule has 1 aromatic rings. The van der Waals surface area contributed by atoms with Crippen LogP contribution in [0.5, 0.6) is 0 Å². The molecule has 2 aliphatic heterocycles. The van der Waals surface area contributed by atoms with Crippen molar-refractivity contribution in [2.45, 2.75) is 44.4 Å². The number of hydrogen-bond donors (Lipinski definition) is 1. The predicted octanol–water partition coefficient (Wildman–Crippen LogP) is 2.13. The lowest BCUT2D eigenvalue weighted by molar-refractivity contribution is -0.0634. The molecule has 2 saturated heterocycles. The molecule has 2 fully saturated rings. The van der Waals surface area contributed by atoms with Crippen LogP contribution in [0.1, 0.15) is 24.0 Å². The molecule has 0 saturated carbocycles. The molecule has 0 amide bonds. The molecule has 3 atom stereocenters. The van der Waals surface area contributed by atoms with Crippen LogP contribution in [0, 0.1) is 12.7 Å². The summed E-state index contributed by atoms with van der Waals surface area (Å²) in [5.41, 5.74) is 2.22. The molecule has 21 heavy (non-hydrogen) atoms. The van der Waals surface area contributed by atoms with Gasteiger partial charge in [-0.15, -0.1) is 0 Å². The molecule has 1 aromatic carbocycles. The van der Waals surface area contributed by atoms with Crippen molar-refractivity contribution in [2.75, 3.05) is 26.7 Å². The van der Waals surface area contributed by atoms with Gasteiger partial charge in [0.2, 0.25) is 0 Å². The van der Waals surface area contributed by atoms with Crippen molar-refractivity contribution in [1.29, 1.82) is 0 Å². The topological polar surface area (TPSA) is 24.5 Å². The summed E-state index contributed by atoms with van der Waals surface area (Å²) < 4.78 is 19.5. The number of aryl methyl sites for hydroxylation is 1. The third-order valence-corrected chi connectivity index (χ3v) is 4.99. The number of likely N-dealkylation sites (N-methyl/N-ethyl adjacent to an activating group) is 1. The number of nitrogens with zero attached hydrogens (tertiary/aromatic N) is 1. The van der Waals surface area contributed by atoms with Crippen molar-refractivity contribution < 1.29 is 9.13 Å². The molecule has 1 N–H and O–H groups in total. The van der Waals surface area contributed by atoms with Gasteiger partial charge in [-0.1, -0.05) is 6.07 Å². The van der Waals surface area contributed by atoms with E-state index < -0.39 is 0 Å². The Morgan fingerprint density at radius 2 is 2.33 bits per heavy atom. The Bertz CT molecular complexity index is 494. The fraction of sp³-hybridized carbons (Fsp3) is 0.647. The van der Waals surface area contributed by atoms with Crippen LogP contribution in [0.2, 0.25) is 0 Å². The zero-order valence-corrected chi connectivity index (χ0v) is 12.9. The lowest BCUT2D eigenvalue weighted by atomic mass is 9.96. The van der Waals surface area contributed by atoms with Gasteiger partial charge in [-0.2, -0.15) is 0 Å². The number of rotatable bonds is 4. The summed E-state index contributed by atoms with van der Waals surface area (Å²) in [4.78, 5) is 2.55. The maximum absolute atomic E-state index is 13.5. The molecular weight excluding hydrogens is 267 g/mol. The second-order valence-electron chi connectivity index (χ2n) is 6.33. The maximum atomic E-state index is 13.5. The number of hydrogen-bond acceptors (Lipinski definition) is 3. The monoisotopic (exact) mass is 292 g/mol. The van der Waals surface area contributed by atoms with Gasteiger partial charge in [-0.05, 0) is 63.0 Å². The minimum atomic E-state index is -0.158. The van der Waals surface area contributed by atoms with E-state index in [4.69, 9.17) is 4.74 Å². The van der Waals surface area contributed by atoms with Gasteiger partial charge in [-0.3, -0.25) is 4.90 Å². The van der Waals surface area contributed by atoms with Gasteiger partial charge in [0.15, 0.2) is 0 Å². The fourth-order valence-corrected chi connectivity index (χ4v) is 3.60. The molecule has 3 nitrogen and oxygen atoms in total. The van der Waals surface area contributed by atoms with Crippen LogP contribution < -0.4 is 5.32 Å². The molecule has 0 spiro atoms. The zero-order chi connectivity index (χ0) is 14.8. The summed E-state index contributed by atoms with van der Waals surface area (Å²) in [7, 11) is 1.97. The lowest BCUT2D eigenvalue weighted by Crippen LogP contribution is -2.54. The van der Waals surface area contributed by atoms with Gasteiger partial charge in [0.1, 0.15) is 5.82 Å². The highest BCUT2D eigenvalue weighted by Gasteiger charge is 2.35. The first kappa shape index (κ1) is 14.9. The van der Waals surface area contributed by atoms with Gasteiger partial charge in [0, 0.05) is 18.6 Å². The number of halogens is 1. The Kier molecular flexibility index (Phi) is 4.57. The van der Waals surface area contributed by atoms with E-state index in [0.29, 0.717) is 6.04 Å². The molecule has 116 valence electrons. The Morgan fingerprint density at radius 3 is 3.14 bits per heavy atom. The number of ether oxygens (including phenoxy) is 1. The van der Waals surface area contributed by atoms with Crippen LogP contribution in [-0.4, -0.2) is 49.8 Å². The summed E-state index contributed by atoms with van der Waals surface area (Å²) in [5.74, 6) is -0.158. The highest BCUT2D eigenvalue weighted by Crippen LogP contribution is 2.25. The zero-order valence-electron chi connectivity index (χ0n) is 12.9. The first-order valence-electron chi connectivity index (χ1n) is 7.95. The van der Waals surface area contributed by atoms with Crippen LogP contribution >= 0.6 is 0 Å². The van der Waals surface area contributed by atoms with Crippen molar-refractivity contribution >= 4 is 0 Å². The molecule has 3 unspecified atom stereocenters. The highest BCUT2D eigenvalue weighted by molar-refractivity contribution is 5.27. The minimum absolute atomic E-state index is 0.158. The number of benzene rings is 1. The highest BCUT2D eigenvalue weighted by atomic mass is 19.1. The molecule has 0 aliphatic carbocycles. The van der Waals surface area contributed by atoms with Crippen LogP contribution in [-0.2, 0) is 11.2 Å². The van der Waals surface area contributed by atoms with Gasteiger partial charge < -0.3 is 10.1 Å². The quantitative estimate of drug-likeness (QED) is 0.920. The molecule has 2 aliphatic rings. The largest absolute Gasteiger partial charge is 0.374 e. The Labute approximate surface area is 126 Å². The summed E-state index contributed by atoms with van der Waals surface area (Å²) in [6.45, 7) is 5.06. The fourth-order valence-electron chi connectivity index (χ4n) is 3.60. The third-order valence-electron chi connectivity index (χ3n) is 4.99.